The van der Waals surface area contributed by atoms with Crippen molar-refractivity contribution in [3.8, 4) is 52.7 Å². The van der Waals surface area contributed by atoms with Crippen molar-refractivity contribution in [3.05, 3.63) is 159 Å². The molecular weight excluding hydrogens is 1340 g/mol. The van der Waals surface area contributed by atoms with Gasteiger partial charge in [0, 0.05) is 96.9 Å². The van der Waals surface area contributed by atoms with Crippen molar-refractivity contribution in [2.45, 2.75) is 81.0 Å². The van der Waals surface area contributed by atoms with Gasteiger partial charge in [0.2, 0.25) is 46.8 Å². The number of alkyl carbamates (subject to hydrolysis) is 1. The summed E-state index contributed by atoms with van der Waals surface area (Å²) in [6.45, 7) is 1.55. The number of hydrogen-bond acceptors (Lipinski definition) is 20. The van der Waals surface area contributed by atoms with Gasteiger partial charge in [-0.2, -0.15) is 20.3 Å². The highest BCUT2D eigenvalue weighted by molar-refractivity contribution is 6.47. The number of alkyl halides is 6. The molecule has 38 heteroatoms. The zero-order valence-electron chi connectivity index (χ0n) is 45.1. The van der Waals surface area contributed by atoms with Crippen LogP contribution in [-0.4, -0.2) is 87.4 Å². The van der Waals surface area contributed by atoms with Gasteiger partial charge in [0.15, 0.2) is 17.2 Å². The number of nitriles is 2. The summed E-state index contributed by atoms with van der Waals surface area (Å²) in [7, 11) is 0. The molecule has 26 nitrogen and oxygen atoms in total. The number of amides is 2. The van der Waals surface area contributed by atoms with Gasteiger partial charge < -0.3 is 24.7 Å². The summed E-state index contributed by atoms with van der Waals surface area (Å²) in [5.74, 6) is -11.7. The fraction of sp³-hybridized carbons (Fsp3) is 0.269. The Kier molecular flexibility index (Phi) is 20.2. The highest BCUT2D eigenvalue weighted by atomic mass is 35.5. The van der Waals surface area contributed by atoms with Gasteiger partial charge in [0.1, 0.15) is 12.1 Å². The zero-order valence-corrected chi connectivity index (χ0v) is 49.6. The molecule has 0 spiro atoms. The van der Waals surface area contributed by atoms with Gasteiger partial charge in [-0.1, -0.05) is 69.6 Å². The first-order valence-corrected chi connectivity index (χ1v) is 27.7. The minimum Gasteiger partial charge on any atom is -0.450 e. The normalized spacial score (nSPS) is 15.5. The van der Waals surface area contributed by atoms with Gasteiger partial charge in [0.05, 0.1) is 48.1 Å². The van der Waals surface area contributed by atoms with Gasteiger partial charge in [-0.3, -0.25) is 39.7 Å². The summed E-state index contributed by atoms with van der Waals surface area (Å²) >= 11 is 37.0. The van der Waals surface area contributed by atoms with E-state index in [1.807, 2.05) is 10.3 Å². The predicted molar refractivity (Wildman–Crippen MR) is 310 cm³/mol. The zero-order chi connectivity index (χ0) is 65.7. The van der Waals surface area contributed by atoms with E-state index in [2.05, 4.69) is 51.0 Å². The Hall–Kier alpha value is -9.18. The number of nitrogens with two attached hydrogens (primary N) is 1. The average Bonchev–Trinajstić information content (AvgIpc) is 0.799. The second kappa shape index (κ2) is 27.3. The smallest absolute Gasteiger partial charge is 0.414 e. The molecular formula is C52H37Cl6F6N15O11. The van der Waals surface area contributed by atoms with Crippen LogP contribution in [0.1, 0.15) is 85.6 Å². The number of nitrogen functional groups attached to an aromatic ring is 1. The molecule has 3 aromatic carbocycles. The number of aromatic nitrogens is 9. The van der Waals surface area contributed by atoms with Crippen molar-refractivity contribution >= 4 is 98.7 Å². The minimum atomic E-state index is -2.83. The molecule has 4 heterocycles. The molecule has 8 N–H and O–H groups in total. The number of ether oxygens (including phenoxy) is 4. The molecule has 3 aliphatic rings. The number of hydrazone groups is 1. The van der Waals surface area contributed by atoms with Gasteiger partial charge >= 0.3 is 11.8 Å². The SMILES string of the molecule is CCOC(=O)NC(=O)/C(C#N)=N/Nc1cc(Cl)c(Oc2n[nH]c(=O)cc2C2CC(F)(F)C2)c(Cl)c1.N#Cc1nn(-c2cc(Cl)c(Oc3n[nH]c(=O)cc3C3CC(F)(F)C3)c(Cl)c2)c(=O)[nH]c1=O.Nc1cc(Cl)c(Oc2n[nH]c(=O)cc2C2CC(F)(F)C2)c(Cl)c1. The van der Waals surface area contributed by atoms with E-state index in [-0.39, 0.29) is 107 Å². The van der Waals surface area contributed by atoms with Crippen molar-refractivity contribution in [3.63, 3.8) is 0 Å². The van der Waals surface area contributed by atoms with Gasteiger partial charge in [-0.25, -0.2) is 51.2 Å². The number of aromatic amines is 4. The summed E-state index contributed by atoms with van der Waals surface area (Å²) in [6, 6.07) is 14.4. The van der Waals surface area contributed by atoms with Crippen LogP contribution in [0.5, 0.6) is 34.9 Å². The number of nitrogens with one attached hydrogen (secondary N) is 6. The molecule has 7 aromatic rings. The number of halogens is 12. The van der Waals surface area contributed by atoms with E-state index in [9.17, 15) is 59.9 Å². The van der Waals surface area contributed by atoms with Crippen molar-refractivity contribution in [2.75, 3.05) is 17.8 Å². The van der Waals surface area contributed by atoms with E-state index >= 15 is 0 Å². The number of benzene rings is 3. The molecule has 0 unspecified atom stereocenters. The Morgan fingerprint density at radius 2 is 1.02 bits per heavy atom. The molecule has 0 bridgehead atoms. The molecule has 0 atom stereocenters. The third-order valence-corrected chi connectivity index (χ3v) is 14.6. The van der Waals surface area contributed by atoms with Crippen molar-refractivity contribution in [1.29, 1.82) is 10.5 Å². The first-order chi connectivity index (χ1) is 42.3. The van der Waals surface area contributed by atoms with Gasteiger partial charge in [-0.05, 0) is 43.3 Å². The minimum absolute atomic E-state index is 0.0124. The third-order valence-electron chi connectivity index (χ3n) is 12.9. The van der Waals surface area contributed by atoms with E-state index in [0.717, 1.165) is 12.1 Å². The van der Waals surface area contributed by atoms with Gasteiger partial charge in [0.25, 0.3) is 28.1 Å². The Balaban J connectivity index is 0.000000178. The molecule has 90 heavy (non-hydrogen) atoms. The number of anilines is 2. The Labute approximate surface area is 527 Å². The van der Waals surface area contributed by atoms with Crippen LogP contribution in [0.4, 0.5) is 42.5 Å². The lowest BCUT2D eigenvalue weighted by atomic mass is 9.77. The number of hydrogen-bond donors (Lipinski definition) is 7. The summed E-state index contributed by atoms with van der Waals surface area (Å²) < 4.78 is 102. The van der Waals surface area contributed by atoms with E-state index in [0.29, 0.717) is 15.9 Å². The summed E-state index contributed by atoms with van der Waals surface area (Å²) in [4.78, 5) is 83.5. The number of carbonyl (C=O) groups is 2. The summed E-state index contributed by atoms with van der Waals surface area (Å²) in [5.41, 5.74) is 4.34. The van der Waals surface area contributed by atoms with Crippen molar-refractivity contribution < 1.29 is 54.9 Å². The maximum absolute atomic E-state index is 13.3. The monoisotopic (exact) mass is 1370 g/mol. The van der Waals surface area contributed by atoms with E-state index in [1.165, 1.54) is 55.5 Å². The van der Waals surface area contributed by atoms with Crippen LogP contribution in [-0.2, 0) is 9.53 Å². The van der Waals surface area contributed by atoms with Crippen molar-refractivity contribution in [1.82, 2.24) is 50.7 Å². The number of nitrogens with zero attached hydrogens (tertiary/aromatic N) is 8. The Morgan fingerprint density at radius 1 is 0.644 bits per heavy atom. The van der Waals surface area contributed by atoms with Crippen LogP contribution >= 0.6 is 69.6 Å². The number of rotatable bonds is 14. The average molecular weight is 1370 g/mol. The van der Waals surface area contributed by atoms with Crippen LogP contribution in [0.25, 0.3) is 5.69 Å². The molecule has 0 saturated heterocycles. The maximum atomic E-state index is 13.3. The Bertz CT molecular complexity index is 4350. The molecule has 3 aliphatic carbocycles. The van der Waals surface area contributed by atoms with Crippen LogP contribution in [0, 0.1) is 22.7 Å². The van der Waals surface area contributed by atoms with Crippen LogP contribution < -0.4 is 58.6 Å². The van der Waals surface area contributed by atoms with E-state index in [4.69, 9.17) is 100 Å². The van der Waals surface area contributed by atoms with Gasteiger partial charge in [-0.15, -0.1) is 20.4 Å². The molecule has 3 saturated carbocycles. The highest BCUT2D eigenvalue weighted by Gasteiger charge is 2.49. The lowest BCUT2D eigenvalue weighted by Crippen LogP contribution is -2.36. The largest absolute Gasteiger partial charge is 0.450 e. The summed E-state index contributed by atoms with van der Waals surface area (Å²) in [5, 5.41) is 44.9. The van der Waals surface area contributed by atoms with Crippen LogP contribution in [0.2, 0.25) is 30.1 Å². The molecule has 10 rings (SSSR count). The number of imide groups is 1. The molecule has 0 aliphatic heterocycles. The quantitative estimate of drug-likeness (QED) is 0.0230. The first kappa shape index (κ1) is 66.8. The van der Waals surface area contributed by atoms with E-state index in [1.54, 1.807) is 6.07 Å². The van der Waals surface area contributed by atoms with Crippen molar-refractivity contribution in [2.24, 2.45) is 5.10 Å². The highest BCUT2D eigenvalue weighted by Crippen LogP contribution is 2.53. The maximum Gasteiger partial charge on any atom is 0.414 e. The lowest BCUT2D eigenvalue weighted by molar-refractivity contribution is -0.114. The molecule has 2 amide bonds. The number of H-pyrrole nitrogens is 4. The number of carbonyl (C=O) groups excluding carboxylic acids is 2. The second-order valence-corrected chi connectivity index (χ2v) is 21.9. The fourth-order valence-electron chi connectivity index (χ4n) is 8.65. The molecule has 3 fully saturated rings. The van der Waals surface area contributed by atoms with Crippen LogP contribution in [0.15, 0.2) is 83.7 Å². The Morgan fingerprint density at radius 3 is 1.38 bits per heavy atom. The topological polar surface area (TPSA) is 386 Å². The molecule has 470 valence electrons. The molecule has 0 radical (unpaired) electrons. The first-order valence-electron chi connectivity index (χ1n) is 25.4. The fourth-order valence-corrected chi connectivity index (χ4v) is 10.4. The second-order valence-electron chi connectivity index (χ2n) is 19.5. The molecule has 4 aromatic heterocycles. The lowest BCUT2D eigenvalue weighted by Gasteiger charge is -2.35. The van der Waals surface area contributed by atoms with Crippen LogP contribution in [0.3, 0.4) is 0 Å². The standard InChI is InChI=1S/C20H16Cl2F2N6O5.C18H10Cl2F2N6O4.C14H11Cl2F2N3O2/c1-2-34-19(33)26-17(32)14(8-25)28-27-10-3-12(21)16(13(22)4-10)35-18-11(5-15(31)29-30-18)9-6-20(23,24)7-9;19-10-1-8(28-17(31)24-15(30)12(6-23)27-28)2-11(20)14(10)32-16-9(3-13(29)25-26-16)7-4-18(21,22)5-7;15-9-1-7(19)2-10(16)12(9)23-13-8(3-11(22)20-21-13)6-4-14(17,18)5-6/h3-5,9,27H,2,6-7H2,1H3,(H,29,31)(H,26,32,33);1-3,7H,4-5H2,(H,25,29)(H,24,30,31);1-3,6H,4-5,19H2,(H,20,22)/b28-14+;;. The van der Waals surface area contributed by atoms with E-state index < -0.39 is 113 Å². The summed E-state index contributed by atoms with van der Waals surface area (Å²) in [6.07, 6.45) is -3.61. The predicted octanol–water partition coefficient (Wildman–Crippen LogP) is 10.4. The third kappa shape index (κ3) is 16.2.